The third-order valence-electron chi connectivity index (χ3n) is 5.17. The van der Waals surface area contributed by atoms with Crippen molar-refractivity contribution in [3.63, 3.8) is 0 Å². The van der Waals surface area contributed by atoms with E-state index < -0.39 is 11.4 Å². The predicted molar refractivity (Wildman–Crippen MR) is 69.6 cm³/mol. The Bertz CT molecular complexity index is 407. The minimum Gasteiger partial charge on any atom is -0.481 e. The van der Waals surface area contributed by atoms with E-state index in [1.54, 1.807) is 0 Å². The van der Waals surface area contributed by atoms with Crippen molar-refractivity contribution in [3.8, 4) is 0 Å². The number of carboxylic acid groups (broad SMARTS) is 1. The van der Waals surface area contributed by atoms with Gasteiger partial charge in [-0.1, -0.05) is 6.42 Å². The van der Waals surface area contributed by atoms with E-state index in [9.17, 15) is 14.7 Å². The Kier molecular flexibility index (Phi) is 3.04. The van der Waals surface area contributed by atoms with Gasteiger partial charge in [0.1, 0.15) is 0 Å². The highest BCUT2D eigenvalue weighted by atomic mass is 16.4. The number of nitrogens with zero attached hydrogens (tertiary/aromatic N) is 1. The van der Waals surface area contributed by atoms with Gasteiger partial charge in [-0.3, -0.25) is 14.5 Å². The van der Waals surface area contributed by atoms with Gasteiger partial charge < -0.3 is 10.4 Å². The number of hydrogen-bond acceptors (Lipinski definition) is 3. The van der Waals surface area contributed by atoms with Crippen LogP contribution in [0.2, 0.25) is 0 Å². The third kappa shape index (κ3) is 2.14. The van der Waals surface area contributed by atoms with E-state index in [0.29, 0.717) is 12.6 Å². The van der Waals surface area contributed by atoms with Crippen molar-refractivity contribution in [1.29, 1.82) is 0 Å². The number of rotatable bonds is 4. The second-order valence-electron chi connectivity index (χ2n) is 6.44. The number of carbonyl (C=O) groups is 2. The van der Waals surface area contributed by atoms with Crippen LogP contribution in [0.15, 0.2) is 0 Å². The predicted octanol–water partition coefficient (Wildman–Crippen LogP) is 0.840. The highest BCUT2D eigenvalue weighted by molar-refractivity contribution is 5.82. The molecular weight excluding hydrogens is 244 g/mol. The smallest absolute Gasteiger partial charge is 0.311 e. The standard InChI is InChI=1S/C14H22N2O3/c1-9(12(17)15-11-4-5-11)16-7-10-3-2-6-14(10,8-16)13(18)19/h9-11H,2-8H2,1H3,(H,15,17)(H,18,19)/t9?,10-,14+/m0/s1. The van der Waals surface area contributed by atoms with Gasteiger partial charge in [0.25, 0.3) is 0 Å². The van der Waals surface area contributed by atoms with Gasteiger partial charge in [0.05, 0.1) is 11.5 Å². The number of nitrogens with one attached hydrogen (secondary N) is 1. The molecule has 0 spiro atoms. The van der Waals surface area contributed by atoms with Gasteiger partial charge in [0.2, 0.25) is 5.91 Å². The minimum absolute atomic E-state index is 0.0583. The zero-order valence-electron chi connectivity index (χ0n) is 11.4. The lowest BCUT2D eigenvalue weighted by atomic mass is 9.81. The van der Waals surface area contributed by atoms with E-state index in [1.807, 2.05) is 6.92 Å². The van der Waals surface area contributed by atoms with E-state index in [-0.39, 0.29) is 17.9 Å². The highest BCUT2D eigenvalue weighted by Crippen LogP contribution is 2.49. The first-order valence-corrected chi connectivity index (χ1v) is 7.31. The highest BCUT2D eigenvalue weighted by Gasteiger charge is 2.55. The Balaban J connectivity index is 1.67. The summed E-state index contributed by atoms with van der Waals surface area (Å²) in [5, 5.41) is 12.6. The zero-order valence-corrected chi connectivity index (χ0v) is 11.4. The molecule has 1 unspecified atom stereocenters. The number of fused-ring (bicyclic) bond motifs is 1. The van der Waals surface area contributed by atoms with E-state index >= 15 is 0 Å². The molecule has 5 nitrogen and oxygen atoms in total. The molecule has 1 aliphatic heterocycles. The summed E-state index contributed by atoms with van der Waals surface area (Å²) in [4.78, 5) is 25.7. The molecule has 0 aromatic rings. The largest absolute Gasteiger partial charge is 0.481 e. The summed E-state index contributed by atoms with van der Waals surface area (Å²) in [5.41, 5.74) is -0.589. The average Bonchev–Trinajstić information content (AvgIpc) is 2.94. The normalized spacial score (nSPS) is 35.9. The number of hydrogen-bond donors (Lipinski definition) is 2. The number of aliphatic carboxylic acids is 1. The fraction of sp³-hybridized carbons (Fsp3) is 0.857. The van der Waals surface area contributed by atoms with Crippen LogP contribution in [-0.2, 0) is 9.59 Å². The molecule has 0 bridgehead atoms. The van der Waals surface area contributed by atoms with Gasteiger partial charge >= 0.3 is 5.97 Å². The minimum atomic E-state index is -0.674. The second kappa shape index (κ2) is 4.47. The molecule has 0 radical (unpaired) electrons. The third-order valence-corrected chi connectivity index (χ3v) is 5.17. The van der Waals surface area contributed by atoms with E-state index in [0.717, 1.165) is 38.6 Å². The lowest BCUT2D eigenvalue weighted by Gasteiger charge is -2.26. The van der Waals surface area contributed by atoms with Gasteiger partial charge in [-0.15, -0.1) is 0 Å². The topological polar surface area (TPSA) is 69.6 Å². The quantitative estimate of drug-likeness (QED) is 0.791. The first-order chi connectivity index (χ1) is 9.03. The Morgan fingerprint density at radius 3 is 2.68 bits per heavy atom. The molecule has 3 aliphatic rings. The summed E-state index contributed by atoms with van der Waals surface area (Å²) < 4.78 is 0. The molecule has 2 saturated carbocycles. The van der Waals surface area contributed by atoms with Gasteiger partial charge in [-0.2, -0.15) is 0 Å². The number of carboxylic acids is 1. The Morgan fingerprint density at radius 1 is 1.37 bits per heavy atom. The average molecular weight is 266 g/mol. The fourth-order valence-electron chi connectivity index (χ4n) is 3.69. The van der Waals surface area contributed by atoms with Gasteiger partial charge in [0.15, 0.2) is 0 Å². The fourth-order valence-corrected chi connectivity index (χ4v) is 3.69. The number of amides is 1. The molecule has 5 heteroatoms. The zero-order chi connectivity index (χ0) is 13.6. The number of likely N-dealkylation sites (tertiary alicyclic amines) is 1. The van der Waals surface area contributed by atoms with Gasteiger partial charge in [-0.25, -0.2) is 0 Å². The summed E-state index contributed by atoms with van der Waals surface area (Å²) in [5.74, 6) is -0.392. The van der Waals surface area contributed by atoms with Crippen LogP contribution in [0.1, 0.15) is 39.0 Å². The van der Waals surface area contributed by atoms with Crippen molar-refractivity contribution >= 4 is 11.9 Å². The molecule has 2 N–H and O–H groups in total. The van der Waals surface area contributed by atoms with Crippen molar-refractivity contribution in [1.82, 2.24) is 10.2 Å². The van der Waals surface area contributed by atoms with Gasteiger partial charge in [0, 0.05) is 19.1 Å². The molecule has 3 fully saturated rings. The molecule has 1 heterocycles. The maximum absolute atomic E-state index is 12.1. The molecule has 0 aromatic heterocycles. The van der Waals surface area contributed by atoms with Crippen LogP contribution in [0.25, 0.3) is 0 Å². The molecule has 19 heavy (non-hydrogen) atoms. The first kappa shape index (κ1) is 12.9. The lowest BCUT2D eigenvalue weighted by Crippen LogP contribution is -2.46. The van der Waals surface area contributed by atoms with Crippen LogP contribution >= 0.6 is 0 Å². The number of carbonyl (C=O) groups excluding carboxylic acids is 1. The van der Waals surface area contributed by atoms with Crippen molar-refractivity contribution in [2.45, 2.75) is 51.1 Å². The van der Waals surface area contributed by atoms with E-state index in [4.69, 9.17) is 0 Å². The van der Waals surface area contributed by atoms with Gasteiger partial charge in [-0.05, 0) is 38.5 Å². The second-order valence-corrected chi connectivity index (χ2v) is 6.44. The molecular formula is C14H22N2O3. The van der Waals surface area contributed by atoms with E-state index in [1.165, 1.54) is 0 Å². The van der Waals surface area contributed by atoms with Crippen LogP contribution in [0, 0.1) is 11.3 Å². The molecule has 3 rings (SSSR count). The molecule has 1 saturated heterocycles. The van der Waals surface area contributed by atoms with E-state index in [2.05, 4.69) is 10.2 Å². The summed E-state index contributed by atoms with van der Waals surface area (Å²) in [6.07, 6.45) is 4.92. The molecule has 0 aromatic carbocycles. The van der Waals surface area contributed by atoms with Crippen LogP contribution in [-0.4, -0.2) is 47.1 Å². The first-order valence-electron chi connectivity index (χ1n) is 7.31. The SMILES string of the molecule is CC(C(=O)NC1CC1)N1C[C@@H]2CCC[C@@]2(C(=O)O)C1. The Morgan fingerprint density at radius 2 is 2.11 bits per heavy atom. The summed E-state index contributed by atoms with van der Waals surface area (Å²) in [6.45, 7) is 3.19. The molecule has 106 valence electrons. The summed E-state index contributed by atoms with van der Waals surface area (Å²) in [7, 11) is 0. The maximum Gasteiger partial charge on any atom is 0.311 e. The molecule has 3 atom stereocenters. The van der Waals surface area contributed by atoms with Crippen LogP contribution in [0.4, 0.5) is 0 Å². The maximum atomic E-state index is 12.1. The van der Waals surface area contributed by atoms with Crippen LogP contribution in [0.3, 0.4) is 0 Å². The molecule has 2 aliphatic carbocycles. The van der Waals surface area contributed by atoms with Crippen molar-refractivity contribution in [2.75, 3.05) is 13.1 Å². The van der Waals surface area contributed by atoms with Crippen molar-refractivity contribution in [2.24, 2.45) is 11.3 Å². The molecule has 1 amide bonds. The van der Waals surface area contributed by atoms with Crippen molar-refractivity contribution in [3.05, 3.63) is 0 Å². The summed E-state index contributed by atoms with van der Waals surface area (Å²) >= 11 is 0. The lowest BCUT2D eigenvalue weighted by molar-refractivity contribution is -0.149. The Hall–Kier alpha value is -1.10. The monoisotopic (exact) mass is 266 g/mol. The Labute approximate surface area is 113 Å². The van der Waals surface area contributed by atoms with Crippen LogP contribution < -0.4 is 5.32 Å². The van der Waals surface area contributed by atoms with Crippen LogP contribution in [0.5, 0.6) is 0 Å². The summed E-state index contributed by atoms with van der Waals surface area (Å²) in [6, 6.07) is 0.160. The van der Waals surface area contributed by atoms with Crippen molar-refractivity contribution < 1.29 is 14.7 Å².